The molecule has 1 heterocycles. The van der Waals surface area contributed by atoms with Gasteiger partial charge in [0, 0.05) is 4.88 Å². The van der Waals surface area contributed by atoms with Crippen molar-refractivity contribution in [3.8, 4) is 0 Å². The molecule has 1 aromatic heterocycles. The van der Waals surface area contributed by atoms with Gasteiger partial charge in [0.1, 0.15) is 0 Å². The quantitative estimate of drug-likeness (QED) is 0.775. The Morgan fingerprint density at radius 1 is 1.62 bits per heavy atom. The number of sulfonamides is 1. The first-order valence-corrected chi connectivity index (χ1v) is 6.30. The van der Waals surface area contributed by atoms with E-state index in [0.29, 0.717) is 0 Å². The Hall–Kier alpha value is -0.430. The molecule has 6 heteroatoms. The average Bonchev–Trinajstić information content (AvgIpc) is 2.50. The maximum Gasteiger partial charge on any atom is 0.209 e. The van der Waals surface area contributed by atoms with E-state index in [2.05, 4.69) is 0 Å². The van der Waals surface area contributed by atoms with Gasteiger partial charge in [-0.3, -0.25) is 0 Å². The largest absolute Gasteiger partial charge is 0.388 e. The fourth-order valence-electron chi connectivity index (χ4n) is 0.899. The van der Waals surface area contributed by atoms with Crippen molar-refractivity contribution in [2.75, 3.05) is 5.75 Å². The van der Waals surface area contributed by atoms with Crippen LogP contribution in [0.3, 0.4) is 0 Å². The van der Waals surface area contributed by atoms with Crippen molar-refractivity contribution in [1.29, 1.82) is 0 Å². The van der Waals surface area contributed by atoms with E-state index in [1.807, 2.05) is 5.38 Å². The normalized spacial score (nSPS) is 14.3. The van der Waals surface area contributed by atoms with Crippen molar-refractivity contribution in [2.45, 2.75) is 12.5 Å². The second kappa shape index (κ2) is 4.19. The van der Waals surface area contributed by atoms with Gasteiger partial charge >= 0.3 is 0 Å². The fraction of sp³-hybridized carbons (Fsp3) is 0.429. The van der Waals surface area contributed by atoms with E-state index in [9.17, 15) is 13.5 Å². The van der Waals surface area contributed by atoms with Gasteiger partial charge in [0.25, 0.3) is 0 Å². The summed E-state index contributed by atoms with van der Waals surface area (Å²) in [6.07, 6.45) is -0.572. The van der Waals surface area contributed by atoms with E-state index in [1.165, 1.54) is 11.3 Å². The minimum atomic E-state index is -3.47. The summed E-state index contributed by atoms with van der Waals surface area (Å²) in [7, 11) is -3.47. The Kier molecular flexibility index (Phi) is 3.43. The zero-order valence-electron chi connectivity index (χ0n) is 6.88. The first kappa shape index (κ1) is 10.6. The smallest absolute Gasteiger partial charge is 0.209 e. The van der Waals surface area contributed by atoms with Gasteiger partial charge < -0.3 is 5.11 Å². The van der Waals surface area contributed by atoms with E-state index in [1.54, 1.807) is 12.1 Å². The summed E-state index contributed by atoms with van der Waals surface area (Å²) in [6, 6.07) is 3.57. The number of primary sulfonamides is 1. The molecule has 0 saturated heterocycles. The van der Waals surface area contributed by atoms with Crippen molar-refractivity contribution >= 4 is 21.4 Å². The van der Waals surface area contributed by atoms with Crippen LogP contribution in [0.25, 0.3) is 0 Å². The highest BCUT2D eigenvalue weighted by atomic mass is 32.2. The Balaban J connectivity index is 2.48. The van der Waals surface area contributed by atoms with Gasteiger partial charge in [-0.25, -0.2) is 13.6 Å². The summed E-state index contributed by atoms with van der Waals surface area (Å²) in [5.74, 6) is -0.188. The molecule has 0 aliphatic carbocycles. The average molecular weight is 221 g/mol. The van der Waals surface area contributed by atoms with Gasteiger partial charge in [-0.1, -0.05) is 6.07 Å². The van der Waals surface area contributed by atoms with Crippen LogP contribution in [-0.2, 0) is 10.0 Å². The molecule has 13 heavy (non-hydrogen) atoms. The highest BCUT2D eigenvalue weighted by Crippen LogP contribution is 2.21. The molecule has 0 aromatic carbocycles. The number of hydrogen-bond acceptors (Lipinski definition) is 4. The van der Waals surface area contributed by atoms with Crippen LogP contribution in [0, 0.1) is 0 Å². The molecule has 0 radical (unpaired) electrons. The van der Waals surface area contributed by atoms with Crippen LogP contribution >= 0.6 is 11.3 Å². The van der Waals surface area contributed by atoms with Crippen molar-refractivity contribution in [3.63, 3.8) is 0 Å². The summed E-state index contributed by atoms with van der Waals surface area (Å²) in [5.41, 5.74) is 0. The van der Waals surface area contributed by atoms with E-state index in [4.69, 9.17) is 5.14 Å². The van der Waals surface area contributed by atoms with Crippen molar-refractivity contribution < 1.29 is 13.5 Å². The molecule has 0 amide bonds. The molecule has 0 saturated carbocycles. The maximum atomic E-state index is 10.6. The molecule has 0 aliphatic rings. The molecule has 1 aromatic rings. The van der Waals surface area contributed by atoms with Crippen molar-refractivity contribution in [3.05, 3.63) is 22.4 Å². The number of nitrogens with two attached hydrogens (primary N) is 1. The van der Waals surface area contributed by atoms with E-state index in [-0.39, 0.29) is 12.2 Å². The van der Waals surface area contributed by atoms with Crippen LogP contribution in [0.2, 0.25) is 0 Å². The van der Waals surface area contributed by atoms with Gasteiger partial charge in [0.15, 0.2) is 0 Å². The van der Waals surface area contributed by atoms with Gasteiger partial charge in [-0.15, -0.1) is 11.3 Å². The third kappa shape index (κ3) is 3.86. The highest BCUT2D eigenvalue weighted by Gasteiger charge is 2.11. The van der Waals surface area contributed by atoms with E-state index < -0.39 is 16.1 Å². The van der Waals surface area contributed by atoms with Crippen LogP contribution in [0.5, 0.6) is 0 Å². The molecular formula is C7H11NO3S2. The Morgan fingerprint density at radius 2 is 2.31 bits per heavy atom. The molecule has 1 atom stereocenters. The van der Waals surface area contributed by atoms with Gasteiger partial charge in [0.05, 0.1) is 11.9 Å². The molecular weight excluding hydrogens is 210 g/mol. The lowest BCUT2D eigenvalue weighted by atomic mass is 10.2. The molecule has 0 spiro atoms. The molecule has 0 bridgehead atoms. The summed E-state index contributed by atoms with van der Waals surface area (Å²) in [5, 5.41) is 16.1. The molecule has 1 unspecified atom stereocenters. The summed E-state index contributed by atoms with van der Waals surface area (Å²) < 4.78 is 21.2. The fourth-order valence-corrected chi connectivity index (χ4v) is 2.20. The third-order valence-corrected chi connectivity index (χ3v) is 3.33. The standard InChI is InChI=1S/C7H11NO3S2/c8-13(10,11)5-3-6(9)7-2-1-4-12-7/h1-2,4,6,9H,3,5H2,(H2,8,10,11). The topological polar surface area (TPSA) is 80.4 Å². The Morgan fingerprint density at radius 3 is 2.77 bits per heavy atom. The number of rotatable bonds is 4. The zero-order valence-corrected chi connectivity index (χ0v) is 8.51. The monoisotopic (exact) mass is 221 g/mol. The van der Waals surface area contributed by atoms with Crippen LogP contribution in [0.1, 0.15) is 17.4 Å². The SMILES string of the molecule is NS(=O)(=O)CCC(O)c1cccs1. The highest BCUT2D eigenvalue weighted by molar-refractivity contribution is 7.89. The van der Waals surface area contributed by atoms with Gasteiger partial charge in [-0.05, 0) is 17.9 Å². The first-order chi connectivity index (χ1) is 5.99. The predicted molar refractivity (Wildman–Crippen MR) is 51.9 cm³/mol. The van der Waals surface area contributed by atoms with Crippen LogP contribution in [-0.4, -0.2) is 19.3 Å². The van der Waals surface area contributed by atoms with E-state index in [0.717, 1.165) is 4.88 Å². The van der Waals surface area contributed by atoms with Crippen molar-refractivity contribution in [1.82, 2.24) is 0 Å². The minimum absolute atomic E-state index is 0.152. The summed E-state index contributed by atoms with van der Waals surface area (Å²) in [4.78, 5) is 0.767. The third-order valence-electron chi connectivity index (χ3n) is 1.55. The van der Waals surface area contributed by atoms with Gasteiger partial charge in [-0.2, -0.15) is 0 Å². The molecule has 74 valence electrons. The molecule has 4 nitrogen and oxygen atoms in total. The predicted octanol–water partition coefficient (Wildman–Crippen LogP) is 0.460. The first-order valence-electron chi connectivity index (χ1n) is 3.71. The molecule has 1 rings (SSSR count). The Labute approximate surface area is 81.1 Å². The number of aliphatic hydroxyl groups is 1. The lowest BCUT2D eigenvalue weighted by Gasteiger charge is -2.06. The van der Waals surface area contributed by atoms with Crippen LogP contribution in [0.4, 0.5) is 0 Å². The molecule has 0 aliphatic heterocycles. The van der Waals surface area contributed by atoms with Crippen LogP contribution in [0.15, 0.2) is 17.5 Å². The summed E-state index contributed by atoms with van der Waals surface area (Å²) >= 11 is 1.40. The minimum Gasteiger partial charge on any atom is -0.388 e. The summed E-state index contributed by atoms with van der Waals surface area (Å²) in [6.45, 7) is 0. The number of hydrogen-bond donors (Lipinski definition) is 2. The second-order valence-electron chi connectivity index (χ2n) is 2.69. The number of aliphatic hydroxyl groups excluding tert-OH is 1. The van der Waals surface area contributed by atoms with Crippen LogP contribution < -0.4 is 5.14 Å². The van der Waals surface area contributed by atoms with Gasteiger partial charge in [0.2, 0.25) is 10.0 Å². The molecule has 0 fully saturated rings. The second-order valence-corrected chi connectivity index (χ2v) is 5.40. The zero-order chi connectivity index (χ0) is 9.90. The Bertz CT molecular complexity index is 344. The lowest BCUT2D eigenvalue weighted by Crippen LogP contribution is -2.18. The van der Waals surface area contributed by atoms with Crippen molar-refractivity contribution in [2.24, 2.45) is 5.14 Å². The maximum absolute atomic E-state index is 10.6. The number of thiophene rings is 1. The lowest BCUT2D eigenvalue weighted by molar-refractivity contribution is 0.178. The molecule has 3 N–H and O–H groups in total. The van der Waals surface area contributed by atoms with E-state index >= 15 is 0 Å².